The average Bonchev–Trinajstić information content (AvgIpc) is 2.90. The van der Waals surface area contributed by atoms with Crippen LogP contribution >= 0.6 is 0 Å². The number of amidine groups is 1. The van der Waals surface area contributed by atoms with Crippen LogP contribution in [0.4, 0.5) is 4.79 Å². The van der Waals surface area contributed by atoms with Crippen LogP contribution < -0.4 is 22.1 Å². The quantitative estimate of drug-likeness (QED) is 0.137. The first-order chi connectivity index (χ1) is 19.6. The summed E-state index contributed by atoms with van der Waals surface area (Å²) in [6.07, 6.45) is 15.5. The summed E-state index contributed by atoms with van der Waals surface area (Å²) in [7, 11) is 0. The van der Waals surface area contributed by atoms with E-state index in [1.807, 2.05) is 45.2 Å². The van der Waals surface area contributed by atoms with E-state index in [0.29, 0.717) is 37.9 Å². The molecule has 0 atom stereocenters. The highest BCUT2D eigenvalue weighted by Crippen LogP contribution is 2.23. The number of nitrogens with two attached hydrogens (primary N) is 2. The molecular formula is C30H44N8O3. The fourth-order valence-corrected chi connectivity index (χ4v) is 4.37. The van der Waals surface area contributed by atoms with Crippen LogP contribution in [0.5, 0.6) is 0 Å². The Kier molecular flexibility index (Phi) is 11.1. The van der Waals surface area contributed by atoms with Gasteiger partial charge in [0.05, 0.1) is 43.7 Å². The Labute approximate surface area is 243 Å². The van der Waals surface area contributed by atoms with E-state index in [-0.39, 0.29) is 18.1 Å². The highest BCUT2D eigenvalue weighted by atomic mass is 16.6. The lowest BCUT2D eigenvalue weighted by Gasteiger charge is -2.39. The minimum Gasteiger partial charge on any atom is -0.444 e. The zero-order valence-corrected chi connectivity index (χ0v) is 24.7. The molecule has 0 aromatic rings. The van der Waals surface area contributed by atoms with Crippen LogP contribution in [0.25, 0.3) is 0 Å². The second-order valence-corrected chi connectivity index (χ2v) is 10.9. The fourth-order valence-electron chi connectivity index (χ4n) is 4.37. The highest BCUT2D eigenvalue weighted by molar-refractivity contribution is 5.97. The number of hydrogen-bond acceptors (Lipinski definition) is 9. The number of carbonyl (C=O) groups excluding carboxylic acids is 1. The molecule has 41 heavy (non-hydrogen) atoms. The summed E-state index contributed by atoms with van der Waals surface area (Å²) >= 11 is 0. The van der Waals surface area contributed by atoms with E-state index in [0.717, 1.165) is 41.0 Å². The molecule has 0 radical (unpaired) electrons. The summed E-state index contributed by atoms with van der Waals surface area (Å²) in [6.45, 7) is 11.7. The summed E-state index contributed by atoms with van der Waals surface area (Å²) in [5.74, 6) is 1.21. The molecule has 222 valence electrons. The maximum absolute atomic E-state index is 12.0. The first-order valence-electron chi connectivity index (χ1n) is 14.0. The van der Waals surface area contributed by atoms with Crippen LogP contribution in [0.2, 0.25) is 0 Å². The minimum absolute atomic E-state index is 0.00865. The third-order valence-electron chi connectivity index (χ3n) is 6.65. The molecule has 0 spiro atoms. The van der Waals surface area contributed by atoms with Crippen molar-refractivity contribution in [2.24, 2.45) is 27.4 Å². The number of amides is 1. The number of allylic oxidation sites excluding steroid dienone is 6. The van der Waals surface area contributed by atoms with Gasteiger partial charge in [-0.2, -0.15) is 0 Å². The van der Waals surface area contributed by atoms with Gasteiger partial charge in [0.15, 0.2) is 0 Å². The molecule has 1 amide bonds. The van der Waals surface area contributed by atoms with Crippen molar-refractivity contribution >= 4 is 24.4 Å². The van der Waals surface area contributed by atoms with Crippen molar-refractivity contribution in [3.8, 4) is 0 Å². The molecule has 0 unspecified atom stereocenters. The smallest absolute Gasteiger partial charge is 0.410 e. The van der Waals surface area contributed by atoms with Gasteiger partial charge in [0.1, 0.15) is 17.3 Å². The molecule has 1 fully saturated rings. The summed E-state index contributed by atoms with van der Waals surface area (Å²) in [6, 6.07) is 0. The van der Waals surface area contributed by atoms with Gasteiger partial charge in [-0.1, -0.05) is 13.8 Å². The lowest BCUT2D eigenvalue weighted by Crippen LogP contribution is -2.56. The first kappa shape index (κ1) is 31.4. The van der Waals surface area contributed by atoms with Crippen LogP contribution in [-0.4, -0.2) is 67.2 Å². The van der Waals surface area contributed by atoms with Gasteiger partial charge in [-0.05, 0) is 69.4 Å². The number of likely N-dealkylation sites (tertiary alicyclic amines) is 1. The molecule has 3 aliphatic heterocycles. The molecule has 1 saturated heterocycles. The predicted molar refractivity (Wildman–Crippen MR) is 164 cm³/mol. The van der Waals surface area contributed by atoms with Crippen LogP contribution in [0.15, 0.2) is 80.6 Å². The number of ether oxygens (including phenoxy) is 2. The van der Waals surface area contributed by atoms with Gasteiger partial charge in [0, 0.05) is 36.0 Å². The normalized spacial score (nSPS) is 18.5. The van der Waals surface area contributed by atoms with E-state index in [4.69, 9.17) is 26.4 Å². The molecule has 7 N–H and O–H groups in total. The number of nitrogens with zero attached hydrogens (tertiary/aromatic N) is 3. The molecule has 0 aliphatic carbocycles. The Morgan fingerprint density at radius 2 is 1.98 bits per heavy atom. The summed E-state index contributed by atoms with van der Waals surface area (Å²) in [4.78, 5) is 22.6. The number of fused-ring (bicyclic) bond motifs is 1. The monoisotopic (exact) mass is 564 g/mol. The third kappa shape index (κ3) is 9.21. The predicted octanol–water partition coefficient (Wildman–Crippen LogP) is 3.60. The van der Waals surface area contributed by atoms with Crippen molar-refractivity contribution in [1.82, 2.24) is 15.5 Å². The average molecular weight is 565 g/mol. The Bertz CT molecular complexity index is 1220. The molecule has 0 saturated carbocycles. The number of carbonyl (C=O) groups is 1. The standard InChI is InChI=1S/C30H44N8O3/c1-6-20(7-2)21(14-31)13-27(33)37-28-9-8-25-26(36-28)12-22(17-35-25)23(15-32)16-34-10-11-40-24-18-38(19-24)29(39)41-30(3,4)5/h8-9,12-17,20,24,31,35-36H,6-7,10-11,18-19,32H2,1-5H3,(H2,33,37). The van der Waals surface area contributed by atoms with Crippen molar-refractivity contribution in [2.75, 3.05) is 26.2 Å². The van der Waals surface area contributed by atoms with Gasteiger partial charge < -0.3 is 41.9 Å². The Morgan fingerprint density at radius 3 is 2.61 bits per heavy atom. The summed E-state index contributed by atoms with van der Waals surface area (Å²) in [5, 5.41) is 14.3. The zero-order valence-electron chi connectivity index (χ0n) is 24.7. The van der Waals surface area contributed by atoms with E-state index in [1.165, 1.54) is 12.4 Å². The van der Waals surface area contributed by atoms with E-state index < -0.39 is 5.60 Å². The van der Waals surface area contributed by atoms with Crippen LogP contribution in [0.3, 0.4) is 0 Å². The molecule has 3 heterocycles. The van der Waals surface area contributed by atoms with Gasteiger partial charge in [-0.3, -0.25) is 4.99 Å². The van der Waals surface area contributed by atoms with E-state index >= 15 is 0 Å². The third-order valence-corrected chi connectivity index (χ3v) is 6.65. The van der Waals surface area contributed by atoms with Crippen molar-refractivity contribution < 1.29 is 14.3 Å². The van der Waals surface area contributed by atoms with Crippen molar-refractivity contribution in [3.05, 3.63) is 70.6 Å². The van der Waals surface area contributed by atoms with Gasteiger partial charge in [0.2, 0.25) is 0 Å². The number of nitrogens with one attached hydrogen (secondary N) is 3. The van der Waals surface area contributed by atoms with E-state index in [1.54, 1.807) is 17.2 Å². The van der Waals surface area contributed by atoms with Crippen molar-refractivity contribution in [2.45, 2.75) is 59.2 Å². The van der Waals surface area contributed by atoms with E-state index in [9.17, 15) is 4.79 Å². The Hall–Kier alpha value is -4.12. The van der Waals surface area contributed by atoms with Gasteiger partial charge in [-0.15, -0.1) is 0 Å². The molecule has 11 nitrogen and oxygen atoms in total. The van der Waals surface area contributed by atoms with Crippen LogP contribution in [0.1, 0.15) is 47.5 Å². The fraction of sp³-hybridized carbons (Fsp3) is 0.467. The van der Waals surface area contributed by atoms with Gasteiger partial charge >= 0.3 is 6.09 Å². The maximum Gasteiger partial charge on any atom is 0.410 e. The van der Waals surface area contributed by atoms with Gasteiger partial charge in [-0.25, -0.2) is 9.79 Å². The second-order valence-electron chi connectivity index (χ2n) is 10.9. The second kappa shape index (κ2) is 14.5. The lowest BCUT2D eigenvalue weighted by atomic mass is 9.94. The highest BCUT2D eigenvalue weighted by Gasteiger charge is 2.34. The van der Waals surface area contributed by atoms with Gasteiger partial charge in [0.25, 0.3) is 0 Å². The number of aliphatic imine (C=N–C) groups is 2. The molecule has 0 bridgehead atoms. The van der Waals surface area contributed by atoms with Crippen LogP contribution in [-0.2, 0) is 9.47 Å². The molecular weight excluding hydrogens is 520 g/mol. The first-order valence-corrected chi connectivity index (χ1v) is 14.0. The maximum atomic E-state index is 12.0. The summed E-state index contributed by atoms with van der Waals surface area (Å²) < 4.78 is 11.2. The minimum atomic E-state index is -0.507. The Morgan fingerprint density at radius 1 is 1.24 bits per heavy atom. The SMILES string of the molecule is CCC(CC)C(C=N)=CC(N)=NC1=CC=C2NC=C(C(C=NCCOC3CN(C(=O)OC(C)(C)C)C3)=CN)C=C2N1. The summed E-state index contributed by atoms with van der Waals surface area (Å²) in [5.41, 5.74) is 15.8. The number of dihydropyridines is 2. The van der Waals surface area contributed by atoms with E-state index in [2.05, 4.69) is 34.5 Å². The number of hydrogen-bond donors (Lipinski definition) is 5. The molecule has 0 aromatic carbocycles. The topological polar surface area (TPSA) is 163 Å². The zero-order chi connectivity index (χ0) is 30.0. The molecule has 0 aromatic heterocycles. The molecule has 11 heteroatoms. The van der Waals surface area contributed by atoms with Crippen LogP contribution in [0, 0.1) is 11.3 Å². The molecule has 3 rings (SSSR count). The lowest BCUT2D eigenvalue weighted by molar-refractivity contribution is -0.0608. The molecule has 3 aliphatic rings. The Balaban J connectivity index is 1.51. The van der Waals surface area contributed by atoms with Crippen molar-refractivity contribution in [1.29, 1.82) is 5.41 Å². The number of rotatable bonds is 12. The largest absolute Gasteiger partial charge is 0.444 e. The van der Waals surface area contributed by atoms with Crippen molar-refractivity contribution in [3.63, 3.8) is 0 Å².